The topological polar surface area (TPSA) is 58.6 Å². The van der Waals surface area contributed by atoms with Gasteiger partial charge in [0.05, 0.1) is 13.5 Å². The number of carbonyl (C=O) groups is 2. The van der Waals surface area contributed by atoms with Gasteiger partial charge < -0.3 is 15.0 Å². The maximum atomic E-state index is 13.5. The Morgan fingerprint density at radius 3 is 2.27 bits per heavy atom. The lowest BCUT2D eigenvalue weighted by atomic mass is 10.0. The first kappa shape index (κ1) is 24.6. The van der Waals surface area contributed by atoms with Crippen molar-refractivity contribution in [1.29, 1.82) is 0 Å². The van der Waals surface area contributed by atoms with E-state index in [1.165, 1.54) is 0 Å². The van der Waals surface area contributed by atoms with Crippen LogP contribution in [-0.2, 0) is 29.0 Å². The highest BCUT2D eigenvalue weighted by Crippen LogP contribution is 2.24. The van der Waals surface area contributed by atoms with Crippen LogP contribution in [-0.4, -0.2) is 36.9 Å². The molecule has 0 spiro atoms. The summed E-state index contributed by atoms with van der Waals surface area (Å²) in [6.07, 6.45) is 0.511. The normalized spacial score (nSPS) is 11.5. The molecule has 0 aromatic heterocycles. The van der Waals surface area contributed by atoms with E-state index in [4.69, 9.17) is 27.9 Å². The van der Waals surface area contributed by atoms with Gasteiger partial charge in [0, 0.05) is 30.1 Å². The van der Waals surface area contributed by atoms with Gasteiger partial charge in [-0.15, -0.1) is 0 Å². The fraction of sp³-hybridized carbons (Fsp3) is 0.231. The average molecular weight is 485 g/mol. The monoisotopic (exact) mass is 484 g/mol. The first-order valence-corrected chi connectivity index (χ1v) is 11.3. The van der Waals surface area contributed by atoms with Crippen molar-refractivity contribution < 1.29 is 14.3 Å². The standard InChI is InChI=1S/C26H26Cl2N2O3/c1-29-26(32)24(14-18-6-4-3-5-7-18)30(17-20-10-11-21(27)16-23(20)28)25(31)15-19-8-12-22(33-2)13-9-19/h3-13,16,24H,14-15,17H2,1-2H3,(H,29,32)/t24-/m0/s1. The van der Waals surface area contributed by atoms with Crippen LogP contribution in [0.2, 0.25) is 10.0 Å². The van der Waals surface area contributed by atoms with Crippen LogP contribution in [0.3, 0.4) is 0 Å². The number of likely N-dealkylation sites (N-methyl/N-ethyl adjacent to an activating group) is 1. The smallest absolute Gasteiger partial charge is 0.242 e. The van der Waals surface area contributed by atoms with E-state index in [0.29, 0.717) is 27.8 Å². The van der Waals surface area contributed by atoms with Gasteiger partial charge in [0.2, 0.25) is 11.8 Å². The van der Waals surface area contributed by atoms with Crippen LogP contribution in [0.25, 0.3) is 0 Å². The van der Waals surface area contributed by atoms with Gasteiger partial charge >= 0.3 is 0 Å². The average Bonchev–Trinajstić information content (AvgIpc) is 2.83. The molecule has 1 atom stereocenters. The summed E-state index contributed by atoms with van der Waals surface area (Å²) < 4.78 is 5.20. The highest BCUT2D eigenvalue weighted by molar-refractivity contribution is 6.35. The molecule has 1 N–H and O–H groups in total. The molecular formula is C26H26Cl2N2O3. The van der Waals surface area contributed by atoms with Gasteiger partial charge in [-0.2, -0.15) is 0 Å². The van der Waals surface area contributed by atoms with Crippen LogP contribution >= 0.6 is 23.2 Å². The predicted molar refractivity (Wildman–Crippen MR) is 132 cm³/mol. The van der Waals surface area contributed by atoms with Crippen molar-refractivity contribution in [2.24, 2.45) is 0 Å². The zero-order valence-corrected chi connectivity index (χ0v) is 20.1. The van der Waals surface area contributed by atoms with Gasteiger partial charge in [0.25, 0.3) is 0 Å². The molecule has 0 aliphatic rings. The molecule has 3 aromatic rings. The molecule has 0 saturated carbocycles. The van der Waals surface area contributed by atoms with E-state index in [-0.39, 0.29) is 24.8 Å². The summed E-state index contributed by atoms with van der Waals surface area (Å²) in [5, 5.41) is 3.66. The molecule has 172 valence electrons. The number of hydrogen-bond donors (Lipinski definition) is 1. The van der Waals surface area contributed by atoms with Crippen molar-refractivity contribution in [3.05, 3.63) is 99.5 Å². The molecule has 7 heteroatoms. The first-order chi connectivity index (χ1) is 15.9. The summed E-state index contributed by atoms with van der Waals surface area (Å²) >= 11 is 12.5. The Balaban J connectivity index is 1.95. The van der Waals surface area contributed by atoms with Crippen molar-refractivity contribution >= 4 is 35.0 Å². The van der Waals surface area contributed by atoms with Crippen LogP contribution in [0.5, 0.6) is 5.75 Å². The highest BCUT2D eigenvalue weighted by atomic mass is 35.5. The quantitative estimate of drug-likeness (QED) is 0.468. The van der Waals surface area contributed by atoms with Crippen molar-refractivity contribution in [2.75, 3.05) is 14.2 Å². The van der Waals surface area contributed by atoms with Crippen LogP contribution < -0.4 is 10.1 Å². The summed E-state index contributed by atoms with van der Waals surface area (Å²) in [6, 6.07) is 21.4. The van der Waals surface area contributed by atoms with E-state index < -0.39 is 6.04 Å². The summed E-state index contributed by atoms with van der Waals surface area (Å²) in [5.41, 5.74) is 2.49. The van der Waals surface area contributed by atoms with Gasteiger partial charge in [0.15, 0.2) is 0 Å². The third kappa shape index (κ3) is 6.73. The van der Waals surface area contributed by atoms with Gasteiger partial charge in [-0.05, 0) is 41.0 Å². The number of nitrogens with zero attached hydrogens (tertiary/aromatic N) is 1. The molecule has 0 fully saturated rings. The fourth-order valence-corrected chi connectivity index (χ4v) is 4.04. The lowest BCUT2D eigenvalue weighted by Crippen LogP contribution is -2.50. The third-order valence-corrected chi connectivity index (χ3v) is 5.97. The van der Waals surface area contributed by atoms with E-state index in [0.717, 1.165) is 11.1 Å². The lowest BCUT2D eigenvalue weighted by molar-refractivity contribution is -0.140. The van der Waals surface area contributed by atoms with Crippen molar-refractivity contribution in [3.8, 4) is 5.75 Å². The number of methoxy groups -OCH3 is 1. The Bertz CT molecular complexity index is 1090. The van der Waals surface area contributed by atoms with Gasteiger partial charge in [-0.3, -0.25) is 9.59 Å². The molecule has 0 aliphatic carbocycles. The van der Waals surface area contributed by atoms with Crippen molar-refractivity contribution in [2.45, 2.75) is 25.4 Å². The molecule has 33 heavy (non-hydrogen) atoms. The number of amides is 2. The molecule has 0 bridgehead atoms. The summed E-state index contributed by atoms with van der Waals surface area (Å²) in [7, 11) is 3.16. The SMILES string of the molecule is CNC(=O)[C@H](Cc1ccccc1)N(Cc1ccc(Cl)cc1Cl)C(=O)Cc1ccc(OC)cc1. The summed E-state index contributed by atoms with van der Waals surface area (Å²) in [4.78, 5) is 28.1. The van der Waals surface area contributed by atoms with E-state index in [1.54, 1.807) is 37.3 Å². The van der Waals surface area contributed by atoms with Crippen molar-refractivity contribution in [3.63, 3.8) is 0 Å². The number of benzene rings is 3. The second-order valence-corrected chi connectivity index (χ2v) is 8.45. The van der Waals surface area contributed by atoms with E-state index in [1.807, 2.05) is 54.6 Å². The van der Waals surface area contributed by atoms with E-state index in [2.05, 4.69) is 5.32 Å². The van der Waals surface area contributed by atoms with Crippen LogP contribution in [0.15, 0.2) is 72.8 Å². The molecule has 0 unspecified atom stereocenters. The molecule has 3 rings (SSSR count). The minimum atomic E-state index is -0.713. The van der Waals surface area contributed by atoms with Gasteiger partial charge in [-0.25, -0.2) is 0 Å². The fourth-order valence-electron chi connectivity index (χ4n) is 3.57. The molecule has 0 radical (unpaired) electrons. The number of rotatable bonds is 9. The molecule has 0 saturated heterocycles. The molecule has 0 aliphatic heterocycles. The highest BCUT2D eigenvalue weighted by Gasteiger charge is 2.30. The first-order valence-electron chi connectivity index (χ1n) is 10.5. The van der Waals surface area contributed by atoms with Crippen LogP contribution in [0, 0.1) is 0 Å². The Morgan fingerprint density at radius 1 is 0.970 bits per heavy atom. The summed E-state index contributed by atoms with van der Waals surface area (Å²) in [5.74, 6) is 0.283. The Morgan fingerprint density at radius 2 is 1.67 bits per heavy atom. The zero-order chi connectivity index (χ0) is 23.8. The minimum Gasteiger partial charge on any atom is -0.497 e. The molecule has 5 nitrogen and oxygen atoms in total. The molecule has 3 aromatic carbocycles. The summed E-state index contributed by atoms with van der Waals surface area (Å²) in [6.45, 7) is 0.176. The Kier molecular flexibility index (Phi) is 8.75. The van der Waals surface area contributed by atoms with Gasteiger partial charge in [-0.1, -0.05) is 71.7 Å². The maximum Gasteiger partial charge on any atom is 0.242 e. The van der Waals surface area contributed by atoms with Crippen LogP contribution in [0.1, 0.15) is 16.7 Å². The molecule has 0 heterocycles. The molecular weight excluding hydrogens is 459 g/mol. The molecule has 2 amide bonds. The Hall–Kier alpha value is -3.02. The van der Waals surface area contributed by atoms with Crippen LogP contribution in [0.4, 0.5) is 0 Å². The van der Waals surface area contributed by atoms with E-state index in [9.17, 15) is 9.59 Å². The maximum absolute atomic E-state index is 13.5. The number of halogens is 2. The number of nitrogens with one attached hydrogen (secondary N) is 1. The minimum absolute atomic E-state index is 0.136. The van der Waals surface area contributed by atoms with E-state index >= 15 is 0 Å². The third-order valence-electron chi connectivity index (χ3n) is 5.39. The predicted octanol–water partition coefficient (Wildman–Crippen LogP) is 4.93. The largest absolute Gasteiger partial charge is 0.497 e. The van der Waals surface area contributed by atoms with Crippen molar-refractivity contribution in [1.82, 2.24) is 10.2 Å². The lowest BCUT2D eigenvalue weighted by Gasteiger charge is -2.31. The number of ether oxygens (including phenoxy) is 1. The zero-order valence-electron chi connectivity index (χ0n) is 18.6. The Labute approximate surface area is 204 Å². The van der Waals surface area contributed by atoms with Gasteiger partial charge in [0.1, 0.15) is 11.8 Å². The number of hydrogen-bond acceptors (Lipinski definition) is 3. The number of carbonyl (C=O) groups excluding carboxylic acids is 2. The second kappa shape index (κ2) is 11.7. The second-order valence-electron chi connectivity index (χ2n) is 7.60.